The molecule has 3 heterocycles. The van der Waals surface area contributed by atoms with Gasteiger partial charge in [0, 0.05) is 53.1 Å². The largest absolute Gasteiger partial charge is 0.416 e. The average Bonchev–Trinajstić information content (AvgIpc) is 3.19. The lowest BCUT2D eigenvalue weighted by molar-refractivity contribution is -0.137. The van der Waals surface area contributed by atoms with Gasteiger partial charge in [-0.3, -0.25) is 9.59 Å². The van der Waals surface area contributed by atoms with Gasteiger partial charge in [0.05, 0.1) is 5.56 Å². The van der Waals surface area contributed by atoms with E-state index in [-0.39, 0.29) is 22.8 Å². The molecule has 2 aliphatic heterocycles. The number of benzene rings is 2. The smallest absolute Gasteiger partial charge is 0.351 e. The van der Waals surface area contributed by atoms with Gasteiger partial charge in [-0.15, -0.1) is 0 Å². The number of H-pyrrole nitrogens is 1. The first-order valence-electron chi connectivity index (χ1n) is 10.7. The van der Waals surface area contributed by atoms with E-state index in [0.717, 1.165) is 35.9 Å². The molecule has 5 rings (SSSR count). The topological polar surface area (TPSA) is 56.4 Å². The summed E-state index contributed by atoms with van der Waals surface area (Å²) in [6.07, 6.45) is -2.91. The van der Waals surface area contributed by atoms with Crippen molar-refractivity contribution in [3.05, 3.63) is 70.4 Å². The molecule has 0 bridgehead atoms. The molecule has 33 heavy (non-hydrogen) atoms. The molecule has 0 saturated carbocycles. The Bertz CT molecular complexity index is 1220. The molecular weight excluding hydrogens is 455 g/mol. The van der Waals surface area contributed by atoms with Gasteiger partial charge in [-0.05, 0) is 61.4 Å². The number of amides is 2. The number of piperidine rings is 1. The Morgan fingerprint density at radius 2 is 1.58 bits per heavy atom. The van der Waals surface area contributed by atoms with Gasteiger partial charge in [0.25, 0.3) is 11.8 Å². The summed E-state index contributed by atoms with van der Waals surface area (Å²) in [6, 6.07) is 11.6. The normalized spacial score (nSPS) is 17.9. The number of halogens is 4. The van der Waals surface area contributed by atoms with E-state index in [1.807, 2.05) is 12.1 Å². The number of rotatable bonds is 2. The molecule has 0 unspecified atom stereocenters. The van der Waals surface area contributed by atoms with E-state index in [1.165, 1.54) is 12.1 Å². The first kappa shape index (κ1) is 21.8. The highest BCUT2D eigenvalue weighted by atomic mass is 35.5. The molecule has 172 valence electrons. The molecular formula is C24H21ClF3N3O2. The van der Waals surface area contributed by atoms with E-state index in [2.05, 4.69) is 4.98 Å². The minimum Gasteiger partial charge on any atom is -0.351 e. The van der Waals surface area contributed by atoms with Gasteiger partial charge in [-0.25, -0.2) is 0 Å². The van der Waals surface area contributed by atoms with Crippen LogP contribution in [0.4, 0.5) is 13.2 Å². The van der Waals surface area contributed by atoms with Gasteiger partial charge in [0.2, 0.25) is 0 Å². The Labute approximate surface area is 193 Å². The second-order valence-electron chi connectivity index (χ2n) is 8.94. The fourth-order valence-electron chi connectivity index (χ4n) is 4.78. The lowest BCUT2D eigenvalue weighted by Gasteiger charge is -2.53. The first-order valence-corrected chi connectivity index (χ1v) is 11.1. The van der Waals surface area contributed by atoms with Crippen molar-refractivity contribution in [2.45, 2.75) is 19.0 Å². The van der Waals surface area contributed by atoms with Crippen LogP contribution in [0.15, 0.2) is 48.5 Å². The molecule has 2 saturated heterocycles. The molecule has 1 N–H and O–H groups in total. The maximum atomic E-state index is 12.9. The number of hydrogen-bond acceptors (Lipinski definition) is 2. The molecule has 2 aliphatic rings. The molecule has 0 aliphatic carbocycles. The van der Waals surface area contributed by atoms with Gasteiger partial charge in [-0.1, -0.05) is 11.6 Å². The quantitative estimate of drug-likeness (QED) is 0.552. The molecule has 2 aromatic carbocycles. The fourth-order valence-corrected chi connectivity index (χ4v) is 4.96. The van der Waals surface area contributed by atoms with Crippen LogP contribution in [0, 0.1) is 5.41 Å². The molecule has 9 heteroatoms. The van der Waals surface area contributed by atoms with Crippen molar-refractivity contribution in [3.8, 4) is 0 Å². The number of nitrogens with zero attached hydrogens (tertiary/aromatic N) is 2. The molecule has 2 amide bonds. The predicted octanol–water partition coefficient (Wildman–Crippen LogP) is 5.22. The number of aromatic nitrogens is 1. The Balaban J connectivity index is 1.18. The number of aromatic amines is 1. The summed E-state index contributed by atoms with van der Waals surface area (Å²) >= 11 is 6.02. The molecule has 3 aromatic rings. The Hall–Kier alpha value is -3.00. The van der Waals surface area contributed by atoms with E-state index in [9.17, 15) is 22.8 Å². The van der Waals surface area contributed by atoms with E-state index in [0.29, 0.717) is 36.9 Å². The highest BCUT2D eigenvalue weighted by Gasteiger charge is 2.47. The number of alkyl halides is 3. The molecule has 5 nitrogen and oxygen atoms in total. The van der Waals surface area contributed by atoms with Crippen LogP contribution in [0.2, 0.25) is 5.02 Å². The third-order valence-corrected chi connectivity index (χ3v) is 6.96. The van der Waals surface area contributed by atoms with Crippen molar-refractivity contribution >= 4 is 34.3 Å². The van der Waals surface area contributed by atoms with Crippen LogP contribution in [0.5, 0.6) is 0 Å². The molecule has 1 aromatic heterocycles. The summed E-state index contributed by atoms with van der Waals surface area (Å²) in [5, 5.41) is 1.50. The third kappa shape index (κ3) is 4.08. The maximum Gasteiger partial charge on any atom is 0.416 e. The van der Waals surface area contributed by atoms with Crippen LogP contribution in [-0.4, -0.2) is 52.8 Å². The summed E-state index contributed by atoms with van der Waals surface area (Å²) in [5.41, 5.74) is 0.851. The Morgan fingerprint density at radius 1 is 0.909 bits per heavy atom. The number of hydrogen-bond donors (Lipinski definition) is 1. The highest BCUT2D eigenvalue weighted by molar-refractivity contribution is 6.31. The van der Waals surface area contributed by atoms with Crippen molar-refractivity contribution in [2.75, 3.05) is 26.2 Å². The zero-order valence-corrected chi connectivity index (χ0v) is 18.3. The molecule has 2 fully saturated rings. The number of fused-ring (bicyclic) bond motifs is 1. The van der Waals surface area contributed by atoms with E-state index in [4.69, 9.17) is 11.6 Å². The summed E-state index contributed by atoms with van der Waals surface area (Å²) in [6.45, 7) is 2.30. The number of nitrogens with one attached hydrogen (secondary N) is 1. The van der Waals surface area contributed by atoms with Gasteiger partial charge in [0.15, 0.2) is 0 Å². The zero-order valence-electron chi connectivity index (χ0n) is 17.6. The summed E-state index contributed by atoms with van der Waals surface area (Å²) in [4.78, 5) is 32.2. The number of carbonyl (C=O) groups is 2. The third-order valence-electron chi connectivity index (χ3n) is 6.72. The van der Waals surface area contributed by atoms with Crippen LogP contribution >= 0.6 is 11.6 Å². The zero-order chi connectivity index (χ0) is 23.4. The van der Waals surface area contributed by atoms with Crippen LogP contribution in [-0.2, 0) is 6.18 Å². The van der Waals surface area contributed by atoms with Crippen LogP contribution in [0.1, 0.15) is 39.3 Å². The number of carbonyl (C=O) groups excluding carboxylic acids is 2. The van der Waals surface area contributed by atoms with Crippen LogP contribution in [0.3, 0.4) is 0 Å². The minimum atomic E-state index is -4.42. The lowest BCUT2D eigenvalue weighted by atomic mass is 9.72. The van der Waals surface area contributed by atoms with Gasteiger partial charge in [0.1, 0.15) is 5.69 Å². The van der Waals surface area contributed by atoms with E-state index >= 15 is 0 Å². The molecule has 0 atom stereocenters. The monoisotopic (exact) mass is 475 g/mol. The van der Waals surface area contributed by atoms with Crippen molar-refractivity contribution in [1.82, 2.24) is 14.8 Å². The van der Waals surface area contributed by atoms with E-state index in [1.54, 1.807) is 21.9 Å². The van der Waals surface area contributed by atoms with Crippen molar-refractivity contribution in [1.29, 1.82) is 0 Å². The summed E-state index contributed by atoms with van der Waals surface area (Å²) in [5.74, 6) is -0.321. The number of likely N-dealkylation sites (tertiary alicyclic amines) is 2. The first-order chi connectivity index (χ1) is 15.6. The maximum absolute atomic E-state index is 12.9. The van der Waals surface area contributed by atoms with Crippen molar-refractivity contribution in [3.63, 3.8) is 0 Å². The van der Waals surface area contributed by atoms with Crippen LogP contribution < -0.4 is 0 Å². The van der Waals surface area contributed by atoms with Crippen LogP contribution in [0.25, 0.3) is 10.9 Å². The summed E-state index contributed by atoms with van der Waals surface area (Å²) in [7, 11) is 0. The average molecular weight is 476 g/mol. The lowest BCUT2D eigenvalue weighted by Crippen LogP contribution is -2.62. The Kier molecular flexibility index (Phi) is 5.16. The van der Waals surface area contributed by atoms with E-state index < -0.39 is 11.7 Å². The molecule has 0 radical (unpaired) electrons. The predicted molar refractivity (Wildman–Crippen MR) is 118 cm³/mol. The SMILES string of the molecule is O=C(c1ccc(C(F)(F)F)cc1)N1CCC2(CC1)CN(C(=O)c1cc3cc(Cl)ccc3[nH]1)C2. The molecule has 1 spiro atoms. The van der Waals surface area contributed by atoms with Gasteiger partial charge < -0.3 is 14.8 Å². The van der Waals surface area contributed by atoms with Gasteiger partial charge in [-0.2, -0.15) is 13.2 Å². The van der Waals surface area contributed by atoms with Crippen molar-refractivity contribution in [2.24, 2.45) is 5.41 Å². The Morgan fingerprint density at radius 3 is 2.21 bits per heavy atom. The van der Waals surface area contributed by atoms with Gasteiger partial charge >= 0.3 is 6.18 Å². The fraction of sp³-hybridized carbons (Fsp3) is 0.333. The summed E-state index contributed by atoms with van der Waals surface area (Å²) < 4.78 is 38.2. The second-order valence-corrected chi connectivity index (χ2v) is 9.38. The minimum absolute atomic E-state index is 0.0120. The second kappa shape index (κ2) is 7.80. The standard InChI is InChI=1S/C24H21ClF3N3O2/c25-18-5-6-19-16(11-18)12-20(29-19)22(33)31-13-23(14-31)7-9-30(10-8-23)21(32)15-1-3-17(4-2-15)24(26,27)28/h1-6,11-12,29H,7-10,13-14H2. The highest BCUT2D eigenvalue weighted by Crippen LogP contribution is 2.41. The van der Waals surface area contributed by atoms with Crippen molar-refractivity contribution < 1.29 is 22.8 Å².